The Hall–Kier alpha value is -1.32. The zero-order valence-electron chi connectivity index (χ0n) is 16.7. The summed E-state index contributed by atoms with van der Waals surface area (Å²) in [5.41, 5.74) is -0.478. The number of hydrogen-bond donors (Lipinski definition) is 0. The Morgan fingerprint density at radius 2 is 1.14 bits per heavy atom. The standard InChI is InChI=1S/C24H32O4/c25-21(27-23-11-9-15(13-23)17-3-1-5-19(17)23)7-8-22(26)28-24-12-10-16(14-24)18-4-2-6-20(18)24/h7-8,15-20H,1-6,9-14H2/b8-7+. The maximum absolute atomic E-state index is 12.5. The van der Waals surface area contributed by atoms with E-state index in [1.807, 2.05) is 0 Å². The number of ether oxygens (including phenoxy) is 2. The van der Waals surface area contributed by atoms with Crippen LogP contribution in [0, 0.1) is 35.5 Å². The molecule has 4 heteroatoms. The monoisotopic (exact) mass is 384 g/mol. The first-order chi connectivity index (χ1) is 13.6. The van der Waals surface area contributed by atoms with E-state index in [4.69, 9.17) is 9.47 Å². The fraction of sp³-hybridized carbons (Fsp3) is 0.833. The summed E-state index contributed by atoms with van der Waals surface area (Å²) in [5.74, 6) is 3.47. The molecule has 0 saturated heterocycles. The van der Waals surface area contributed by atoms with E-state index in [9.17, 15) is 9.59 Å². The predicted molar refractivity (Wildman–Crippen MR) is 103 cm³/mol. The van der Waals surface area contributed by atoms with Gasteiger partial charge in [0.1, 0.15) is 11.2 Å². The molecule has 0 amide bonds. The van der Waals surface area contributed by atoms with E-state index >= 15 is 0 Å². The van der Waals surface area contributed by atoms with E-state index in [2.05, 4.69) is 0 Å². The summed E-state index contributed by atoms with van der Waals surface area (Å²) in [7, 11) is 0. The van der Waals surface area contributed by atoms with E-state index in [0.717, 1.165) is 49.4 Å². The van der Waals surface area contributed by atoms with E-state index in [0.29, 0.717) is 11.8 Å². The molecule has 0 radical (unpaired) electrons. The number of fused-ring (bicyclic) bond motifs is 10. The minimum atomic E-state index is -0.350. The molecule has 4 nitrogen and oxygen atoms in total. The first kappa shape index (κ1) is 17.5. The molecule has 8 unspecified atom stereocenters. The van der Waals surface area contributed by atoms with Crippen LogP contribution < -0.4 is 0 Å². The molecule has 0 aromatic rings. The van der Waals surface area contributed by atoms with Gasteiger partial charge in [-0.3, -0.25) is 0 Å². The molecule has 6 rings (SSSR count). The van der Waals surface area contributed by atoms with E-state index in [1.165, 1.54) is 63.5 Å². The Bertz CT molecular complexity index is 668. The van der Waals surface area contributed by atoms with Crippen LogP contribution in [0.2, 0.25) is 0 Å². The lowest BCUT2D eigenvalue weighted by molar-refractivity contribution is -0.161. The number of carbonyl (C=O) groups excluding carboxylic acids is 2. The van der Waals surface area contributed by atoms with Crippen LogP contribution in [0.15, 0.2) is 12.2 Å². The van der Waals surface area contributed by atoms with Crippen molar-refractivity contribution in [3.05, 3.63) is 12.2 Å². The van der Waals surface area contributed by atoms with Crippen LogP contribution in [0.3, 0.4) is 0 Å². The molecule has 0 N–H and O–H groups in total. The minimum Gasteiger partial charge on any atom is -0.456 e. The second-order valence-corrected chi connectivity index (χ2v) is 10.7. The van der Waals surface area contributed by atoms with Gasteiger partial charge in [0.15, 0.2) is 0 Å². The summed E-state index contributed by atoms with van der Waals surface area (Å²) in [4.78, 5) is 25.1. The average Bonchev–Trinajstić information content (AvgIpc) is 3.47. The molecule has 6 saturated carbocycles. The molecule has 6 fully saturated rings. The van der Waals surface area contributed by atoms with Crippen LogP contribution in [0.1, 0.15) is 77.0 Å². The Kier molecular flexibility index (Phi) is 3.81. The van der Waals surface area contributed by atoms with Gasteiger partial charge in [0.25, 0.3) is 0 Å². The Morgan fingerprint density at radius 1 is 0.679 bits per heavy atom. The van der Waals surface area contributed by atoms with Gasteiger partial charge in [-0.1, -0.05) is 12.8 Å². The summed E-state index contributed by atoms with van der Waals surface area (Å²) in [5, 5.41) is 0. The fourth-order valence-corrected chi connectivity index (χ4v) is 8.91. The van der Waals surface area contributed by atoms with Crippen molar-refractivity contribution in [3.63, 3.8) is 0 Å². The van der Waals surface area contributed by atoms with Gasteiger partial charge in [0.2, 0.25) is 0 Å². The molecule has 0 heterocycles. The smallest absolute Gasteiger partial charge is 0.331 e. The van der Waals surface area contributed by atoms with Gasteiger partial charge in [0.05, 0.1) is 0 Å². The predicted octanol–water partition coefficient (Wildman–Crippen LogP) is 4.57. The lowest BCUT2D eigenvalue weighted by Gasteiger charge is -2.35. The highest BCUT2D eigenvalue weighted by Gasteiger charge is 2.62. The molecular formula is C24H32O4. The number of esters is 2. The first-order valence-electron chi connectivity index (χ1n) is 11.7. The summed E-state index contributed by atoms with van der Waals surface area (Å²) in [6, 6.07) is 0. The molecule has 4 bridgehead atoms. The third kappa shape index (κ3) is 2.42. The van der Waals surface area contributed by atoms with Crippen LogP contribution in [0.4, 0.5) is 0 Å². The van der Waals surface area contributed by atoms with E-state index < -0.39 is 0 Å². The van der Waals surface area contributed by atoms with Crippen molar-refractivity contribution in [1.29, 1.82) is 0 Å². The molecule has 152 valence electrons. The van der Waals surface area contributed by atoms with Crippen molar-refractivity contribution < 1.29 is 19.1 Å². The van der Waals surface area contributed by atoms with Crippen LogP contribution in [0.5, 0.6) is 0 Å². The maximum Gasteiger partial charge on any atom is 0.331 e. The lowest BCUT2D eigenvalue weighted by atomic mass is 9.79. The van der Waals surface area contributed by atoms with Crippen molar-refractivity contribution in [2.75, 3.05) is 0 Å². The highest BCUT2D eigenvalue weighted by atomic mass is 16.6. The molecule has 8 atom stereocenters. The lowest BCUT2D eigenvalue weighted by Crippen LogP contribution is -2.39. The molecule has 6 aliphatic carbocycles. The summed E-state index contributed by atoms with van der Waals surface area (Å²) >= 11 is 0. The zero-order chi connectivity index (χ0) is 18.9. The topological polar surface area (TPSA) is 52.6 Å². The quantitative estimate of drug-likeness (QED) is 0.526. The largest absolute Gasteiger partial charge is 0.456 e. The number of hydrogen-bond acceptors (Lipinski definition) is 4. The van der Waals surface area contributed by atoms with Gasteiger partial charge in [-0.25, -0.2) is 9.59 Å². The van der Waals surface area contributed by atoms with Crippen molar-refractivity contribution in [2.45, 2.75) is 88.3 Å². The van der Waals surface area contributed by atoms with Crippen LogP contribution >= 0.6 is 0 Å². The highest BCUT2D eigenvalue weighted by Crippen LogP contribution is 2.63. The van der Waals surface area contributed by atoms with Crippen LogP contribution in [-0.2, 0) is 19.1 Å². The van der Waals surface area contributed by atoms with Crippen molar-refractivity contribution in [3.8, 4) is 0 Å². The fourth-order valence-electron chi connectivity index (χ4n) is 8.91. The normalized spacial score (nSPS) is 50.3. The van der Waals surface area contributed by atoms with Crippen LogP contribution in [-0.4, -0.2) is 23.1 Å². The third-order valence-corrected chi connectivity index (χ3v) is 9.76. The summed E-state index contributed by atoms with van der Waals surface area (Å²) < 4.78 is 12.0. The van der Waals surface area contributed by atoms with Gasteiger partial charge in [-0.05, 0) is 87.9 Å². The van der Waals surface area contributed by atoms with Crippen LogP contribution in [0.25, 0.3) is 0 Å². The van der Waals surface area contributed by atoms with Gasteiger partial charge >= 0.3 is 11.9 Å². The van der Waals surface area contributed by atoms with Crippen molar-refractivity contribution >= 4 is 11.9 Å². The van der Waals surface area contributed by atoms with Crippen molar-refractivity contribution in [2.24, 2.45) is 35.5 Å². The van der Waals surface area contributed by atoms with Gasteiger partial charge in [-0.15, -0.1) is 0 Å². The second kappa shape index (κ2) is 6.09. The average molecular weight is 385 g/mol. The third-order valence-electron chi connectivity index (χ3n) is 9.76. The molecular weight excluding hydrogens is 352 g/mol. The molecule has 6 aliphatic rings. The summed E-state index contributed by atoms with van der Waals surface area (Å²) in [6.45, 7) is 0. The summed E-state index contributed by atoms with van der Waals surface area (Å²) in [6.07, 6.45) is 16.7. The molecule has 0 aromatic heterocycles. The molecule has 28 heavy (non-hydrogen) atoms. The van der Waals surface area contributed by atoms with E-state index in [1.54, 1.807) is 0 Å². The Labute approximate surface area is 167 Å². The van der Waals surface area contributed by atoms with Crippen molar-refractivity contribution in [1.82, 2.24) is 0 Å². The Morgan fingerprint density at radius 3 is 1.61 bits per heavy atom. The first-order valence-corrected chi connectivity index (χ1v) is 11.7. The Balaban J connectivity index is 1.09. The molecule has 0 aliphatic heterocycles. The molecule has 0 spiro atoms. The zero-order valence-corrected chi connectivity index (χ0v) is 16.7. The number of rotatable bonds is 4. The van der Waals surface area contributed by atoms with Gasteiger partial charge in [-0.2, -0.15) is 0 Å². The second-order valence-electron chi connectivity index (χ2n) is 10.7. The van der Waals surface area contributed by atoms with E-state index in [-0.39, 0.29) is 23.1 Å². The maximum atomic E-state index is 12.5. The minimum absolute atomic E-state index is 0.239. The molecule has 0 aromatic carbocycles. The van der Waals surface area contributed by atoms with Gasteiger partial charge in [0, 0.05) is 24.0 Å². The number of carbonyl (C=O) groups is 2. The SMILES string of the molecule is O=C(/C=C/C(=O)OC12CCC(C1)C1CCCC12)OC12CCC(C1)C1CCCC12. The highest BCUT2D eigenvalue weighted by molar-refractivity contribution is 5.92. The van der Waals surface area contributed by atoms with Gasteiger partial charge < -0.3 is 9.47 Å².